The van der Waals surface area contributed by atoms with Gasteiger partial charge in [-0.05, 0) is 123 Å². The summed E-state index contributed by atoms with van der Waals surface area (Å²) < 4.78 is 37.5. The number of esters is 1. The van der Waals surface area contributed by atoms with E-state index in [1.165, 1.54) is 16.7 Å². The molecule has 4 heterocycles. The third kappa shape index (κ3) is 6.03. The summed E-state index contributed by atoms with van der Waals surface area (Å²) in [7, 11) is 9.26. The summed E-state index contributed by atoms with van der Waals surface area (Å²) in [6.45, 7) is 1.76. The van der Waals surface area contributed by atoms with E-state index in [0.717, 1.165) is 67.6 Å². The van der Waals surface area contributed by atoms with Crippen molar-refractivity contribution in [2.75, 3.05) is 48.5 Å². The van der Waals surface area contributed by atoms with E-state index in [9.17, 15) is 4.79 Å². The Labute approximate surface area is 293 Å². The van der Waals surface area contributed by atoms with Crippen molar-refractivity contribution in [1.29, 1.82) is 0 Å². The van der Waals surface area contributed by atoms with E-state index in [2.05, 4.69) is 60.3 Å². The third-order valence-electron chi connectivity index (χ3n) is 10.8. The quantitative estimate of drug-likeness (QED) is 0.158. The lowest BCUT2D eigenvalue weighted by Crippen LogP contribution is -2.34. The Kier molecular flexibility index (Phi) is 8.57. The third-order valence-corrected chi connectivity index (χ3v) is 10.8. The Morgan fingerprint density at radius 3 is 2.06 bits per heavy atom. The molecule has 1 saturated carbocycles. The minimum Gasteiger partial charge on any atom is -0.493 e. The fraction of sp³-hybridized carbons (Fsp3) is 0.390. The van der Waals surface area contributed by atoms with Crippen molar-refractivity contribution in [3.8, 4) is 46.0 Å². The molecule has 1 aliphatic carbocycles. The number of hydrogen-bond acceptors (Lipinski definition) is 9. The molecule has 260 valence electrons. The van der Waals surface area contributed by atoms with Crippen molar-refractivity contribution in [2.45, 2.75) is 50.6 Å². The number of carbonyl (C=O) groups is 1. The SMILES string of the molecule is COc1ccc2cc1Oc1ccc(cc1)C[C@H]1c3cc(c(OC)cc3CCN1C)Oc1c(OC(=O)C3CC3)c(OC)cc3c1[C@H](C2)N(C)CC3. The number of carbonyl (C=O) groups excluding carboxylic acids is 1. The molecule has 9 heteroatoms. The van der Waals surface area contributed by atoms with Crippen LogP contribution in [0, 0.1) is 5.92 Å². The van der Waals surface area contributed by atoms with Gasteiger partial charge in [-0.1, -0.05) is 18.2 Å². The Hall–Kier alpha value is -4.73. The molecule has 4 aromatic carbocycles. The number of fused-ring (bicyclic) bond motifs is 2. The molecule has 1 fully saturated rings. The average molecular weight is 677 g/mol. The molecule has 2 atom stereocenters. The smallest absolute Gasteiger partial charge is 0.314 e. The van der Waals surface area contributed by atoms with Gasteiger partial charge in [0.05, 0.1) is 27.2 Å². The number of likely N-dealkylation sites (N-methyl/N-ethyl adjacent to an activating group) is 2. The minimum absolute atomic E-state index is 0.110. The number of hydrogen-bond donors (Lipinski definition) is 0. The van der Waals surface area contributed by atoms with Crippen molar-refractivity contribution in [3.05, 3.63) is 94.0 Å². The predicted octanol–water partition coefficient (Wildman–Crippen LogP) is 7.47. The number of methoxy groups -OCH3 is 3. The van der Waals surface area contributed by atoms with E-state index >= 15 is 0 Å². The van der Waals surface area contributed by atoms with E-state index in [0.29, 0.717) is 46.7 Å². The number of nitrogens with zero attached hydrogens (tertiary/aromatic N) is 2. The van der Waals surface area contributed by atoms with Crippen LogP contribution < -0.4 is 28.4 Å². The van der Waals surface area contributed by atoms with Gasteiger partial charge < -0.3 is 28.4 Å². The van der Waals surface area contributed by atoms with Gasteiger partial charge >= 0.3 is 5.97 Å². The van der Waals surface area contributed by atoms with Gasteiger partial charge in [-0.25, -0.2) is 0 Å². The highest BCUT2D eigenvalue weighted by atomic mass is 16.6. The van der Waals surface area contributed by atoms with Gasteiger partial charge in [0, 0.05) is 30.7 Å². The largest absolute Gasteiger partial charge is 0.493 e. The number of ether oxygens (including phenoxy) is 6. The molecule has 5 aliphatic rings. The Bertz CT molecular complexity index is 1940. The summed E-state index contributed by atoms with van der Waals surface area (Å²) >= 11 is 0. The zero-order valence-corrected chi connectivity index (χ0v) is 29.4. The van der Waals surface area contributed by atoms with Crippen molar-refractivity contribution in [3.63, 3.8) is 0 Å². The maximum Gasteiger partial charge on any atom is 0.314 e. The molecular formula is C41H44N2O7. The van der Waals surface area contributed by atoms with E-state index in [-0.39, 0.29) is 24.0 Å². The fourth-order valence-corrected chi connectivity index (χ4v) is 7.68. The Morgan fingerprint density at radius 2 is 1.34 bits per heavy atom. The highest BCUT2D eigenvalue weighted by molar-refractivity contribution is 5.80. The average Bonchev–Trinajstić information content (AvgIpc) is 3.98. The monoisotopic (exact) mass is 676 g/mol. The second kappa shape index (κ2) is 13.2. The highest BCUT2D eigenvalue weighted by Gasteiger charge is 2.38. The molecule has 6 bridgehead atoms. The molecule has 0 aromatic heterocycles. The molecule has 0 unspecified atom stereocenters. The lowest BCUT2D eigenvalue weighted by atomic mass is 9.87. The van der Waals surface area contributed by atoms with Gasteiger partial charge in [0.2, 0.25) is 5.75 Å². The summed E-state index contributed by atoms with van der Waals surface area (Å²) in [5.74, 6) is 4.19. The van der Waals surface area contributed by atoms with Crippen molar-refractivity contribution >= 4 is 5.97 Å². The predicted molar refractivity (Wildman–Crippen MR) is 189 cm³/mol. The van der Waals surface area contributed by atoms with Gasteiger partial charge in [0.25, 0.3) is 0 Å². The van der Waals surface area contributed by atoms with Gasteiger partial charge in [0.15, 0.2) is 34.5 Å². The van der Waals surface area contributed by atoms with Crippen LogP contribution in [0.4, 0.5) is 0 Å². The second-order valence-corrected chi connectivity index (χ2v) is 13.9. The molecule has 0 N–H and O–H groups in total. The second-order valence-electron chi connectivity index (χ2n) is 13.9. The molecule has 0 amide bonds. The zero-order chi connectivity index (χ0) is 34.5. The lowest BCUT2D eigenvalue weighted by Gasteiger charge is -2.37. The van der Waals surface area contributed by atoms with Crippen LogP contribution in [-0.2, 0) is 30.5 Å². The van der Waals surface area contributed by atoms with Crippen LogP contribution >= 0.6 is 0 Å². The number of rotatable bonds is 5. The van der Waals surface area contributed by atoms with Gasteiger partial charge in [-0.15, -0.1) is 0 Å². The van der Waals surface area contributed by atoms with Crippen LogP contribution in [0.5, 0.6) is 46.0 Å². The van der Waals surface area contributed by atoms with Crippen molar-refractivity contribution < 1.29 is 33.2 Å². The summed E-state index contributed by atoms with van der Waals surface area (Å²) in [6, 6.07) is 20.7. The van der Waals surface area contributed by atoms with Gasteiger partial charge in [-0.3, -0.25) is 14.6 Å². The molecule has 0 spiro atoms. The summed E-state index contributed by atoms with van der Waals surface area (Å²) in [4.78, 5) is 18.1. The minimum atomic E-state index is -0.259. The number of benzene rings is 4. The molecule has 0 saturated heterocycles. The maximum absolute atomic E-state index is 13.3. The van der Waals surface area contributed by atoms with Crippen molar-refractivity contribution in [2.24, 2.45) is 5.92 Å². The van der Waals surface area contributed by atoms with Crippen molar-refractivity contribution in [1.82, 2.24) is 9.80 Å². The van der Waals surface area contributed by atoms with Crippen LogP contribution in [-0.4, -0.2) is 64.3 Å². The van der Waals surface area contributed by atoms with E-state index in [1.807, 2.05) is 24.3 Å². The van der Waals surface area contributed by atoms with E-state index in [1.54, 1.807) is 21.3 Å². The first-order valence-electron chi connectivity index (χ1n) is 17.5. The highest BCUT2D eigenvalue weighted by Crippen LogP contribution is 2.52. The van der Waals surface area contributed by atoms with Crippen LogP contribution in [0.2, 0.25) is 0 Å². The topological polar surface area (TPSA) is 78.9 Å². The van der Waals surface area contributed by atoms with Crippen LogP contribution in [0.1, 0.15) is 58.3 Å². The summed E-state index contributed by atoms with van der Waals surface area (Å²) in [5.41, 5.74) is 6.77. The molecular weight excluding hydrogens is 632 g/mol. The van der Waals surface area contributed by atoms with Crippen LogP contribution in [0.3, 0.4) is 0 Å². The summed E-state index contributed by atoms with van der Waals surface area (Å²) in [5, 5.41) is 0. The van der Waals surface area contributed by atoms with E-state index < -0.39 is 0 Å². The van der Waals surface area contributed by atoms with Gasteiger partial charge in [-0.2, -0.15) is 0 Å². The van der Waals surface area contributed by atoms with Crippen LogP contribution in [0.15, 0.2) is 60.7 Å². The molecule has 4 aromatic rings. The maximum atomic E-state index is 13.3. The normalized spacial score (nSPS) is 20.0. The zero-order valence-electron chi connectivity index (χ0n) is 29.4. The first-order chi connectivity index (χ1) is 24.3. The molecule has 4 aliphatic heterocycles. The Balaban J connectivity index is 1.36. The molecule has 9 rings (SSSR count). The first kappa shape index (κ1) is 32.5. The molecule has 9 nitrogen and oxygen atoms in total. The summed E-state index contributed by atoms with van der Waals surface area (Å²) in [6.07, 6.45) is 4.79. The lowest BCUT2D eigenvalue weighted by molar-refractivity contribution is -0.136. The fourth-order valence-electron chi connectivity index (χ4n) is 7.68. The molecule has 0 radical (unpaired) electrons. The first-order valence-corrected chi connectivity index (χ1v) is 17.5. The van der Waals surface area contributed by atoms with Crippen LogP contribution in [0.25, 0.3) is 0 Å². The van der Waals surface area contributed by atoms with E-state index in [4.69, 9.17) is 28.4 Å². The Morgan fingerprint density at radius 1 is 0.700 bits per heavy atom. The standard InChI is InChI=1S/C41H44N2O7/c1-42-16-14-27-21-34(46-4)36-23-30(27)31(42)18-24-6-11-29(12-7-24)48-35-20-25(8-13-33(35)45-3)19-32-38-28(15-17-43(32)2)22-37(47-5)39(40(38)49-36)50-41(44)26-9-10-26/h6-8,11-13,20-23,26,31-32H,9-10,14-19H2,1-5H3/t31-,32-/m0/s1. The van der Waals surface area contributed by atoms with Gasteiger partial charge in [0.1, 0.15) is 5.75 Å². The molecule has 50 heavy (non-hydrogen) atoms.